The highest BCUT2D eigenvalue weighted by atomic mass is 28.3. The molecule has 133 heavy (non-hydrogen) atoms. The van der Waals surface area contributed by atoms with Crippen molar-refractivity contribution in [1.29, 1.82) is 0 Å². The second-order valence-corrected chi connectivity index (χ2v) is 54.3. The van der Waals surface area contributed by atoms with Gasteiger partial charge in [-0.15, -0.1) is 0 Å². The Morgan fingerprint density at radius 2 is 0.436 bits per heavy atom. The van der Waals surface area contributed by atoms with Crippen LogP contribution in [0.5, 0.6) is 0 Å². The molecule has 5 heteroatoms. The molecule has 0 aliphatic rings. The SMILES string of the molecule is CCCCCCCC[Si](CCCCCCC)(c1c2ccc(CCC)cc2c([Si](CCCCCC)(CCCCCCCC)n2c3cc(CCC)ccc3c3ccc(CCCC)cc32)c2cc3ccc(CCC)cc3cc12)c1c2cc(CCC)ccc2c([Si](CCCCCCCC)(CCCCCCCC)n2c3ccccc3c3cc4ccccc4cc32)c2cc3cc(CCC)ccc3cc12. The maximum absolute atomic E-state index is 3.33. The Morgan fingerprint density at radius 3 is 0.872 bits per heavy atom. The third-order valence-electron chi connectivity index (χ3n) is 32.0. The molecule has 0 amide bonds. The maximum Gasteiger partial charge on any atom is 0.195 e. The average Bonchev–Trinajstić information content (AvgIpc) is 1.58. The van der Waals surface area contributed by atoms with Gasteiger partial charge >= 0.3 is 0 Å². The number of aromatic nitrogens is 2. The number of benzene rings is 13. The van der Waals surface area contributed by atoms with E-state index in [1.165, 1.54) is 370 Å². The largest absolute Gasteiger partial charge is 0.363 e. The van der Waals surface area contributed by atoms with E-state index in [4.69, 9.17) is 0 Å². The van der Waals surface area contributed by atoms with Gasteiger partial charge < -0.3 is 8.47 Å². The summed E-state index contributed by atoms with van der Waals surface area (Å²) in [5.74, 6) is 0. The van der Waals surface area contributed by atoms with E-state index in [0.29, 0.717) is 0 Å². The van der Waals surface area contributed by atoms with Gasteiger partial charge in [0, 0.05) is 43.6 Å². The summed E-state index contributed by atoms with van der Waals surface area (Å²) in [5.41, 5.74) is 15.0. The van der Waals surface area contributed by atoms with Crippen LogP contribution >= 0.6 is 0 Å². The van der Waals surface area contributed by atoms with Gasteiger partial charge in [-0.3, -0.25) is 0 Å². The van der Waals surface area contributed by atoms with Crippen molar-refractivity contribution in [3.63, 3.8) is 0 Å². The summed E-state index contributed by atoms with van der Waals surface area (Å²) in [7, 11) is -9.61. The predicted molar refractivity (Wildman–Crippen MR) is 605 cm³/mol. The smallest absolute Gasteiger partial charge is 0.195 e. The van der Waals surface area contributed by atoms with Crippen LogP contribution < -0.4 is 20.7 Å². The first-order valence-electron chi connectivity index (χ1n) is 55.9. The Morgan fingerprint density at radius 1 is 0.165 bits per heavy atom. The van der Waals surface area contributed by atoms with Crippen molar-refractivity contribution in [2.75, 3.05) is 0 Å². The van der Waals surface area contributed by atoms with E-state index >= 15 is 0 Å². The summed E-state index contributed by atoms with van der Waals surface area (Å²) in [6, 6.07) is 92.9. The Hall–Kier alpha value is -8.07. The van der Waals surface area contributed by atoms with Crippen molar-refractivity contribution in [3.8, 4) is 0 Å². The van der Waals surface area contributed by atoms with E-state index in [1.54, 1.807) is 53.5 Å². The molecule has 0 saturated heterocycles. The molecule has 0 N–H and O–H groups in total. The van der Waals surface area contributed by atoms with Crippen molar-refractivity contribution < 1.29 is 0 Å². The fourth-order valence-electron chi connectivity index (χ4n) is 25.5. The minimum absolute atomic E-state index is 1.07. The van der Waals surface area contributed by atoms with Crippen molar-refractivity contribution in [1.82, 2.24) is 8.47 Å². The lowest BCUT2D eigenvalue weighted by Crippen LogP contribution is -2.62. The quantitative estimate of drug-likeness (QED) is 0.0204. The minimum Gasteiger partial charge on any atom is -0.363 e. The number of rotatable bonds is 58. The molecule has 2 heterocycles. The van der Waals surface area contributed by atoms with Gasteiger partial charge in [0.15, 0.2) is 16.5 Å². The molecule has 0 bridgehead atoms. The Bertz CT molecular complexity index is 6310. The summed E-state index contributed by atoms with van der Waals surface area (Å²) in [4.78, 5) is 0. The number of unbranched alkanes of at least 4 members (excludes halogenated alkanes) is 28. The molecule has 0 saturated carbocycles. The van der Waals surface area contributed by atoms with Crippen LogP contribution in [0.25, 0.3) is 119 Å². The van der Waals surface area contributed by atoms with Crippen molar-refractivity contribution in [2.24, 2.45) is 0 Å². The topological polar surface area (TPSA) is 9.86 Å². The van der Waals surface area contributed by atoms with Gasteiger partial charge in [-0.2, -0.15) is 0 Å². The second-order valence-electron chi connectivity index (χ2n) is 42.1. The van der Waals surface area contributed by atoms with Crippen LogP contribution in [0.1, 0.15) is 373 Å². The lowest BCUT2D eigenvalue weighted by molar-refractivity contribution is 0.614. The highest BCUT2D eigenvalue weighted by Gasteiger charge is 2.49. The molecule has 13 aromatic carbocycles. The van der Waals surface area contributed by atoms with Crippen LogP contribution in [0, 0.1) is 0 Å². The van der Waals surface area contributed by atoms with E-state index < -0.39 is 24.5 Å². The molecule has 0 spiro atoms. The molecule has 2 aromatic heterocycles. The van der Waals surface area contributed by atoms with Gasteiger partial charge in [0.25, 0.3) is 0 Å². The summed E-state index contributed by atoms with van der Waals surface area (Å²) < 4.78 is 6.55. The molecule has 2 atom stereocenters. The minimum atomic E-state index is -3.33. The van der Waals surface area contributed by atoms with E-state index in [-0.39, 0.29) is 0 Å². The summed E-state index contributed by atoms with van der Waals surface area (Å²) in [6.45, 7) is 29.2. The molecule has 15 aromatic rings. The van der Waals surface area contributed by atoms with Gasteiger partial charge in [-0.05, 0) is 265 Å². The summed E-state index contributed by atoms with van der Waals surface area (Å²) in [5, 5.41) is 34.5. The Kier molecular flexibility index (Phi) is 36.5. The third-order valence-corrected chi connectivity index (χ3v) is 47.8. The van der Waals surface area contributed by atoms with Crippen LogP contribution in [-0.2, 0) is 38.5 Å². The number of para-hydroxylation sites is 1. The zero-order valence-corrected chi connectivity index (χ0v) is 88.6. The van der Waals surface area contributed by atoms with E-state index in [1.807, 2.05) is 10.4 Å². The van der Waals surface area contributed by atoms with Gasteiger partial charge in [0.1, 0.15) is 8.07 Å². The average molecular weight is 1820 g/mol. The highest BCUT2D eigenvalue weighted by molar-refractivity contribution is 7.08. The van der Waals surface area contributed by atoms with Gasteiger partial charge in [0.2, 0.25) is 0 Å². The summed E-state index contributed by atoms with van der Waals surface area (Å²) >= 11 is 0. The van der Waals surface area contributed by atoms with Crippen LogP contribution in [0.15, 0.2) is 194 Å². The zero-order chi connectivity index (χ0) is 92.5. The Balaban J connectivity index is 1.21. The fraction of sp³-hybridized carbons (Fsp3) is 0.500. The summed E-state index contributed by atoms with van der Waals surface area (Å²) in [6.07, 6.45) is 56.9. The standard InChI is InChI=1S/C128H172N2Si3/c1-13-25-32-38-43-52-80-131(79-51-42-36-29-17-5,125-112-77-71-100(60-23-11)88-116(112)128(119-93-106-74-68-97(57-20-8)85-107(106)94-118(119)125)133(81-53-37-30-18-6,84-56-46-41-35-28-16-4)130-122-89-101(61-24-12)69-75-110(122)111-76-70-102(62-31-19-7)90-123(111)130)126-115-87-99(59-22-10)72-78-113(115)127(120-95-108-86-98(58-21-9)67-73-105(108)92-117(120)126)132(82-54-44-39-33-26-14-2,83-55-45-40-34-27-15-3)129-121-66-50-49-65-109(121)114-91-103-63-47-48-64-104(103)96-124(114)129/h47-50,63-78,85-96H,13-46,51-62,79-84H2,1-12H3. The molecule has 0 radical (unpaired) electrons. The van der Waals surface area contributed by atoms with Gasteiger partial charge in [-0.25, -0.2) is 0 Å². The third kappa shape index (κ3) is 21.9. The van der Waals surface area contributed by atoms with Crippen LogP contribution in [0.2, 0.25) is 36.3 Å². The van der Waals surface area contributed by atoms with Crippen LogP contribution in [0.4, 0.5) is 0 Å². The number of hydrogen-bond acceptors (Lipinski definition) is 0. The molecule has 0 aliphatic carbocycles. The molecule has 2 unspecified atom stereocenters. The highest BCUT2D eigenvalue weighted by Crippen LogP contribution is 2.48. The maximum atomic E-state index is 3.31. The second kappa shape index (κ2) is 48.8. The molecular formula is C128H172N2Si3. The van der Waals surface area contributed by atoms with E-state index in [0.717, 1.165) is 70.6 Å². The lowest BCUT2D eigenvalue weighted by atomic mass is 9.95. The van der Waals surface area contributed by atoms with Crippen LogP contribution in [-0.4, -0.2) is 33.0 Å². The van der Waals surface area contributed by atoms with Gasteiger partial charge in [0.05, 0.1) is 0 Å². The molecule has 0 aliphatic heterocycles. The van der Waals surface area contributed by atoms with Crippen molar-refractivity contribution in [3.05, 3.63) is 228 Å². The van der Waals surface area contributed by atoms with Gasteiger partial charge in [-0.1, -0.05) is 473 Å². The van der Waals surface area contributed by atoms with Crippen molar-refractivity contribution in [2.45, 2.75) is 415 Å². The molecule has 2 nitrogen and oxygen atoms in total. The first kappa shape index (κ1) is 99.4. The number of nitrogens with zero attached hydrogens (tertiary/aromatic N) is 2. The van der Waals surface area contributed by atoms with Crippen LogP contribution in [0.3, 0.4) is 0 Å². The first-order valence-corrected chi connectivity index (χ1v) is 63.0. The molecule has 15 rings (SSSR count). The van der Waals surface area contributed by atoms with Crippen molar-refractivity contribution >= 4 is 164 Å². The Labute approximate surface area is 809 Å². The number of fused-ring (bicyclic) bond motifs is 13. The number of aryl methyl sites for hydroxylation is 6. The predicted octanol–water partition coefficient (Wildman–Crippen LogP) is 38.0. The van der Waals surface area contributed by atoms with E-state index in [9.17, 15) is 0 Å². The first-order chi connectivity index (χ1) is 65.5. The lowest BCUT2D eigenvalue weighted by Gasteiger charge is -2.43. The zero-order valence-electron chi connectivity index (χ0n) is 85.6. The van der Waals surface area contributed by atoms with E-state index in [2.05, 4.69) is 286 Å². The number of hydrogen-bond donors (Lipinski definition) is 0. The molecule has 0 fully saturated rings. The normalized spacial score (nSPS) is 13.3. The fourth-order valence-corrected chi connectivity index (χ4v) is 43.2. The monoisotopic (exact) mass is 1820 g/mol. The molecule has 706 valence electrons. The molecular weight excluding hydrogens is 1650 g/mol.